The van der Waals surface area contributed by atoms with Crippen molar-refractivity contribution in [3.8, 4) is 0 Å². The van der Waals surface area contributed by atoms with Gasteiger partial charge in [0.25, 0.3) is 0 Å². The van der Waals surface area contributed by atoms with Crippen molar-refractivity contribution in [2.75, 3.05) is 13.6 Å². The minimum atomic E-state index is -0.607. The highest BCUT2D eigenvalue weighted by Gasteiger charge is 2.21. The van der Waals surface area contributed by atoms with Crippen molar-refractivity contribution in [2.24, 2.45) is 10.8 Å². The van der Waals surface area contributed by atoms with Gasteiger partial charge in [0.2, 0.25) is 0 Å². The zero-order valence-electron chi connectivity index (χ0n) is 7.37. The molecule has 68 valence electrons. The Labute approximate surface area is 71.6 Å². The van der Waals surface area contributed by atoms with Crippen LogP contribution in [-0.2, 0) is 0 Å². The summed E-state index contributed by atoms with van der Waals surface area (Å²) < 4.78 is 0. The Kier molecular flexibility index (Phi) is 2.65. The summed E-state index contributed by atoms with van der Waals surface area (Å²) >= 11 is 0. The van der Waals surface area contributed by atoms with E-state index in [0.717, 1.165) is 18.7 Å². The first-order valence-electron chi connectivity index (χ1n) is 3.90. The molecule has 1 unspecified atom stereocenters. The van der Waals surface area contributed by atoms with E-state index in [-0.39, 0.29) is 0 Å². The lowest BCUT2D eigenvalue weighted by Gasteiger charge is -2.11. The van der Waals surface area contributed by atoms with E-state index in [0.29, 0.717) is 6.04 Å². The van der Waals surface area contributed by atoms with E-state index in [1.54, 1.807) is 0 Å². The molecule has 0 aromatic heterocycles. The predicted octanol–water partition coefficient (Wildman–Crippen LogP) is -0.265. The van der Waals surface area contributed by atoms with Gasteiger partial charge in [0.15, 0.2) is 0 Å². The molecule has 0 radical (unpaired) electrons. The molecule has 12 heavy (non-hydrogen) atoms. The summed E-state index contributed by atoms with van der Waals surface area (Å²) in [5.41, 5.74) is 8.07. The summed E-state index contributed by atoms with van der Waals surface area (Å²) in [7, 11) is 2.03. The Hall–Kier alpha value is -1.10. The quantitative estimate of drug-likeness (QED) is 0.532. The smallest absolute Gasteiger partial charge is 0.332 e. The number of nitrogens with two attached hydrogens (primary N) is 1. The molecular weight excluding hydrogens is 156 g/mol. The van der Waals surface area contributed by atoms with E-state index in [2.05, 4.69) is 22.4 Å². The van der Waals surface area contributed by atoms with Gasteiger partial charge in [-0.1, -0.05) is 0 Å². The number of hydrogen-bond donors (Lipinski definition) is 2. The highest BCUT2D eigenvalue weighted by atomic mass is 16.2. The van der Waals surface area contributed by atoms with Crippen LogP contribution in [0.2, 0.25) is 0 Å². The van der Waals surface area contributed by atoms with Crippen LogP contribution in [0.3, 0.4) is 0 Å². The van der Waals surface area contributed by atoms with Crippen LogP contribution in [0, 0.1) is 0 Å². The van der Waals surface area contributed by atoms with E-state index in [4.69, 9.17) is 5.73 Å². The molecule has 3 N–H and O–H groups in total. The molecule has 1 heterocycles. The largest absolute Gasteiger partial charge is 0.350 e. The van der Waals surface area contributed by atoms with Gasteiger partial charge in [0.05, 0.1) is 5.71 Å². The molecule has 1 atom stereocenters. The average molecular weight is 170 g/mol. The Bertz CT molecular complexity index is 201. The van der Waals surface area contributed by atoms with Crippen LogP contribution in [0.25, 0.3) is 0 Å². The van der Waals surface area contributed by atoms with Crippen molar-refractivity contribution >= 4 is 11.7 Å². The number of rotatable bonds is 1. The zero-order valence-corrected chi connectivity index (χ0v) is 7.37. The van der Waals surface area contributed by atoms with E-state index in [1.807, 2.05) is 7.05 Å². The van der Waals surface area contributed by atoms with Gasteiger partial charge in [0, 0.05) is 19.0 Å². The third-order valence-electron chi connectivity index (χ3n) is 2.04. The Morgan fingerprint density at radius 3 is 2.92 bits per heavy atom. The van der Waals surface area contributed by atoms with Crippen LogP contribution in [0.1, 0.15) is 13.3 Å². The van der Waals surface area contributed by atoms with Crippen LogP contribution in [-0.4, -0.2) is 36.3 Å². The second-order valence-corrected chi connectivity index (χ2v) is 3.12. The highest BCUT2D eigenvalue weighted by Crippen LogP contribution is 2.11. The van der Waals surface area contributed by atoms with Gasteiger partial charge in [-0.3, -0.25) is 4.90 Å². The third kappa shape index (κ3) is 2.20. The van der Waals surface area contributed by atoms with E-state index in [1.165, 1.54) is 0 Å². The topological polar surface area (TPSA) is 70.7 Å². The zero-order chi connectivity index (χ0) is 9.14. The number of nitrogens with one attached hydrogen (secondary N) is 1. The molecule has 1 rings (SSSR count). The second kappa shape index (κ2) is 3.53. The maximum atomic E-state index is 10.3. The SMILES string of the molecule is CC1C/C(=N/NC(N)=O)CN1C. The first kappa shape index (κ1) is 8.99. The number of hydrazone groups is 1. The fourth-order valence-electron chi connectivity index (χ4n) is 1.22. The standard InChI is InChI=1S/C7H14N4O/c1-5-3-6(4-11(5)2)9-10-7(8)12/h5H,3-4H2,1-2H3,(H3,8,10,12)/b9-6-. The van der Waals surface area contributed by atoms with Crippen molar-refractivity contribution in [1.29, 1.82) is 0 Å². The molecule has 0 aromatic carbocycles. The predicted molar refractivity (Wildman–Crippen MR) is 46.9 cm³/mol. The van der Waals surface area contributed by atoms with E-state index < -0.39 is 6.03 Å². The molecule has 0 aromatic rings. The number of amides is 2. The molecule has 1 saturated heterocycles. The lowest BCUT2D eigenvalue weighted by Crippen LogP contribution is -2.26. The summed E-state index contributed by atoms with van der Waals surface area (Å²) in [6.07, 6.45) is 0.900. The summed E-state index contributed by atoms with van der Waals surface area (Å²) in [6, 6.07) is -0.108. The fourth-order valence-corrected chi connectivity index (χ4v) is 1.22. The Morgan fingerprint density at radius 2 is 2.50 bits per heavy atom. The molecular formula is C7H14N4O. The van der Waals surface area contributed by atoms with Gasteiger partial charge in [0.1, 0.15) is 0 Å². The van der Waals surface area contributed by atoms with Crippen molar-refractivity contribution in [3.05, 3.63) is 0 Å². The maximum absolute atomic E-state index is 10.3. The van der Waals surface area contributed by atoms with E-state index in [9.17, 15) is 4.79 Å². The molecule has 0 spiro atoms. The van der Waals surface area contributed by atoms with Gasteiger partial charge in [-0.15, -0.1) is 0 Å². The summed E-state index contributed by atoms with van der Waals surface area (Å²) in [4.78, 5) is 12.5. The fraction of sp³-hybridized carbons (Fsp3) is 0.714. The van der Waals surface area contributed by atoms with Crippen molar-refractivity contribution in [2.45, 2.75) is 19.4 Å². The highest BCUT2D eigenvalue weighted by molar-refractivity contribution is 5.89. The van der Waals surface area contributed by atoms with Gasteiger partial charge in [-0.2, -0.15) is 5.10 Å². The van der Waals surface area contributed by atoms with E-state index >= 15 is 0 Å². The number of nitrogens with zero attached hydrogens (tertiary/aromatic N) is 2. The molecule has 5 heteroatoms. The van der Waals surface area contributed by atoms with Crippen LogP contribution < -0.4 is 11.2 Å². The first-order valence-corrected chi connectivity index (χ1v) is 3.90. The average Bonchev–Trinajstić information content (AvgIpc) is 2.28. The van der Waals surface area contributed by atoms with Gasteiger partial charge in [-0.05, 0) is 14.0 Å². The number of carbonyl (C=O) groups excluding carboxylic acids is 1. The summed E-state index contributed by atoms with van der Waals surface area (Å²) in [5.74, 6) is 0. The third-order valence-corrected chi connectivity index (χ3v) is 2.04. The van der Waals surface area contributed by atoms with Crippen molar-refractivity contribution < 1.29 is 4.79 Å². The minimum Gasteiger partial charge on any atom is -0.350 e. The van der Waals surface area contributed by atoms with Gasteiger partial charge < -0.3 is 5.73 Å². The van der Waals surface area contributed by atoms with Crippen LogP contribution >= 0.6 is 0 Å². The lowest BCUT2D eigenvalue weighted by molar-refractivity contribution is 0.249. The van der Waals surface area contributed by atoms with Crippen molar-refractivity contribution in [3.63, 3.8) is 0 Å². The molecule has 0 aliphatic carbocycles. The molecule has 0 bridgehead atoms. The van der Waals surface area contributed by atoms with Crippen molar-refractivity contribution in [1.82, 2.24) is 10.3 Å². The van der Waals surface area contributed by atoms with Crippen LogP contribution in [0.15, 0.2) is 5.10 Å². The number of primary amides is 1. The number of hydrogen-bond acceptors (Lipinski definition) is 3. The number of urea groups is 1. The first-order chi connectivity index (χ1) is 5.59. The maximum Gasteiger partial charge on any atom is 0.332 e. The minimum absolute atomic E-state index is 0.499. The lowest BCUT2D eigenvalue weighted by atomic mass is 10.2. The number of carbonyl (C=O) groups is 1. The monoisotopic (exact) mass is 170 g/mol. The summed E-state index contributed by atoms with van der Waals surface area (Å²) in [6.45, 7) is 2.92. The molecule has 1 fully saturated rings. The Balaban J connectivity index is 2.45. The molecule has 1 aliphatic heterocycles. The molecule has 0 saturated carbocycles. The molecule has 1 aliphatic rings. The summed E-state index contributed by atoms with van der Waals surface area (Å²) in [5, 5.41) is 3.87. The Morgan fingerprint density at radius 1 is 1.83 bits per heavy atom. The molecule has 5 nitrogen and oxygen atoms in total. The molecule has 2 amide bonds. The van der Waals surface area contributed by atoms with Gasteiger partial charge in [-0.25, -0.2) is 10.2 Å². The van der Waals surface area contributed by atoms with Crippen LogP contribution in [0.4, 0.5) is 4.79 Å². The normalized spacial score (nSPS) is 27.8. The second-order valence-electron chi connectivity index (χ2n) is 3.12. The van der Waals surface area contributed by atoms with Gasteiger partial charge >= 0.3 is 6.03 Å². The number of likely N-dealkylation sites (tertiary alicyclic amines) is 1. The van der Waals surface area contributed by atoms with Crippen LogP contribution in [0.5, 0.6) is 0 Å².